The molecule has 1 atom stereocenters. The number of anilines is 1. The number of amides is 1. The van der Waals surface area contributed by atoms with E-state index in [9.17, 15) is 19.8 Å². The van der Waals surface area contributed by atoms with Gasteiger partial charge in [0.1, 0.15) is 17.3 Å². The highest BCUT2D eigenvalue weighted by molar-refractivity contribution is 6.51. The van der Waals surface area contributed by atoms with Gasteiger partial charge in [-0.05, 0) is 48.9 Å². The molecule has 168 valence electrons. The van der Waals surface area contributed by atoms with Crippen LogP contribution < -0.4 is 9.64 Å². The fraction of sp³-hybridized carbons (Fsp3) is 0.120. The third kappa shape index (κ3) is 4.03. The van der Waals surface area contributed by atoms with Gasteiger partial charge in [-0.2, -0.15) is 0 Å². The van der Waals surface area contributed by atoms with Crippen molar-refractivity contribution in [3.8, 4) is 11.5 Å². The van der Waals surface area contributed by atoms with Crippen LogP contribution in [0.1, 0.15) is 22.7 Å². The molecule has 1 heterocycles. The molecular formula is C25H19Cl2NO5. The number of rotatable bonds is 4. The molecule has 8 heteroatoms. The molecule has 0 spiro atoms. The highest BCUT2D eigenvalue weighted by Crippen LogP contribution is 2.45. The lowest BCUT2D eigenvalue weighted by molar-refractivity contribution is -0.132. The van der Waals surface area contributed by atoms with Gasteiger partial charge in [0.2, 0.25) is 0 Å². The van der Waals surface area contributed by atoms with Crippen molar-refractivity contribution in [1.82, 2.24) is 0 Å². The third-order valence-electron chi connectivity index (χ3n) is 5.43. The van der Waals surface area contributed by atoms with Crippen LogP contribution >= 0.6 is 23.2 Å². The second-order valence-electron chi connectivity index (χ2n) is 7.56. The van der Waals surface area contributed by atoms with Gasteiger partial charge < -0.3 is 14.9 Å². The Bertz CT molecular complexity index is 1280. The van der Waals surface area contributed by atoms with Crippen molar-refractivity contribution < 1.29 is 24.5 Å². The summed E-state index contributed by atoms with van der Waals surface area (Å²) in [6.45, 7) is 1.91. The number of aromatic hydroxyl groups is 1. The predicted molar refractivity (Wildman–Crippen MR) is 127 cm³/mol. The van der Waals surface area contributed by atoms with E-state index < -0.39 is 23.5 Å². The minimum atomic E-state index is -0.962. The number of halogens is 2. The molecule has 3 aromatic rings. The van der Waals surface area contributed by atoms with Gasteiger partial charge in [-0.25, -0.2) is 0 Å². The molecule has 2 N–H and O–H groups in total. The topological polar surface area (TPSA) is 87.1 Å². The molecule has 1 aliphatic rings. The molecule has 0 aromatic heterocycles. The third-order valence-corrected chi connectivity index (χ3v) is 5.93. The fourth-order valence-corrected chi connectivity index (χ4v) is 4.44. The Balaban J connectivity index is 2.00. The van der Waals surface area contributed by atoms with Crippen molar-refractivity contribution in [1.29, 1.82) is 0 Å². The zero-order valence-corrected chi connectivity index (χ0v) is 19.2. The van der Waals surface area contributed by atoms with Crippen LogP contribution in [0.2, 0.25) is 10.0 Å². The summed E-state index contributed by atoms with van der Waals surface area (Å²) in [5.74, 6) is -2.00. The predicted octanol–water partition coefficient (Wildman–Crippen LogP) is 5.64. The number of carbonyl (C=O) groups is 2. The lowest BCUT2D eigenvalue weighted by Crippen LogP contribution is -2.29. The minimum Gasteiger partial charge on any atom is -0.508 e. The van der Waals surface area contributed by atoms with Crippen molar-refractivity contribution in [2.24, 2.45) is 0 Å². The Labute approximate surface area is 200 Å². The van der Waals surface area contributed by atoms with Crippen molar-refractivity contribution in [3.63, 3.8) is 0 Å². The number of phenolic OH excluding ortho intramolecular Hbond substituents is 1. The normalized spacial score (nSPS) is 17.5. The van der Waals surface area contributed by atoms with Gasteiger partial charge in [-0.15, -0.1) is 0 Å². The minimum absolute atomic E-state index is 0.0225. The quantitative estimate of drug-likeness (QED) is 0.284. The number of aliphatic hydroxyl groups is 1. The summed E-state index contributed by atoms with van der Waals surface area (Å²) in [6.07, 6.45) is 0. The number of methoxy groups -OCH3 is 1. The van der Waals surface area contributed by atoms with Crippen LogP contribution in [0, 0.1) is 6.92 Å². The molecule has 4 rings (SSSR count). The molecule has 33 heavy (non-hydrogen) atoms. The fourth-order valence-electron chi connectivity index (χ4n) is 3.87. The zero-order chi connectivity index (χ0) is 23.9. The van der Waals surface area contributed by atoms with Crippen LogP contribution in [0.25, 0.3) is 5.76 Å². The van der Waals surface area contributed by atoms with Gasteiger partial charge in [0, 0.05) is 10.7 Å². The van der Waals surface area contributed by atoms with Crippen LogP contribution in [-0.4, -0.2) is 29.0 Å². The van der Waals surface area contributed by atoms with Crippen molar-refractivity contribution in [2.45, 2.75) is 13.0 Å². The van der Waals surface area contributed by atoms with E-state index in [1.165, 1.54) is 36.3 Å². The van der Waals surface area contributed by atoms with Gasteiger partial charge in [0.25, 0.3) is 11.7 Å². The molecule has 0 aliphatic carbocycles. The van der Waals surface area contributed by atoms with Crippen LogP contribution in [0.3, 0.4) is 0 Å². The Morgan fingerprint density at radius 1 is 1.00 bits per heavy atom. The van der Waals surface area contributed by atoms with Gasteiger partial charge in [0.05, 0.1) is 29.3 Å². The molecular weight excluding hydrogens is 465 g/mol. The van der Waals surface area contributed by atoms with Crippen LogP contribution in [-0.2, 0) is 9.59 Å². The maximum Gasteiger partial charge on any atom is 0.300 e. The second-order valence-corrected chi connectivity index (χ2v) is 8.41. The monoisotopic (exact) mass is 483 g/mol. The zero-order valence-electron chi connectivity index (χ0n) is 17.7. The largest absolute Gasteiger partial charge is 0.508 e. The molecule has 0 bridgehead atoms. The average Bonchev–Trinajstić information content (AvgIpc) is 3.04. The first-order chi connectivity index (χ1) is 15.7. The maximum atomic E-state index is 13.2. The molecule has 6 nitrogen and oxygen atoms in total. The molecule has 1 aliphatic heterocycles. The summed E-state index contributed by atoms with van der Waals surface area (Å²) in [5.41, 5.74) is 1.91. The summed E-state index contributed by atoms with van der Waals surface area (Å²) in [6, 6.07) is 15.1. The number of ketones is 1. The van der Waals surface area contributed by atoms with E-state index in [1.807, 2.05) is 19.1 Å². The van der Waals surface area contributed by atoms with Gasteiger partial charge >= 0.3 is 0 Å². The van der Waals surface area contributed by atoms with Gasteiger partial charge in [-0.3, -0.25) is 14.5 Å². The number of ether oxygens (including phenoxy) is 1. The molecule has 0 saturated carbocycles. The molecule has 1 unspecified atom stereocenters. The number of aliphatic hydroxyl groups excluding tert-OH is 1. The Morgan fingerprint density at radius 3 is 2.24 bits per heavy atom. The number of aryl methyl sites for hydroxylation is 1. The van der Waals surface area contributed by atoms with Crippen molar-refractivity contribution in [2.75, 3.05) is 12.0 Å². The van der Waals surface area contributed by atoms with E-state index in [1.54, 1.807) is 24.3 Å². The number of carbonyl (C=O) groups excluding carboxylic acids is 2. The molecule has 1 saturated heterocycles. The molecule has 3 aromatic carbocycles. The second kappa shape index (κ2) is 8.81. The van der Waals surface area contributed by atoms with Crippen LogP contribution in [0.4, 0.5) is 5.69 Å². The van der Waals surface area contributed by atoms with Crippen molar-refractivity contribution >= 4 is 46.3 Å². The number of Topliss-reactive ketones (excluding diaryl/α,β-unsaturated/α-hetero) is 1. The number of phenols is 1. The molecule has 1 amide bonds. The highest BCUT2D eigenvalue weighted by Gasteiger charge is 2.47. The summed E-state index contributed by atoms with van der Waals surface area (Å²) in [5, 5.41) is 21.4. The maximum absolute atomic E-state index is 13.2. The number of hydrogen-bond donors (Lipinski definition) is 2. The van der Waals surface area contributed by atoms with Gasteiger partial charge in [0.15, 0.2) is 0 Å². The van der Waals surface area contributed by atoms with Crippen LogP contribution in [0.5, 0.6) is 11.5 Å². The van der Waals surface area contributed by atoms with Gasteiger partial charge in [-0.1, -0.05) is 53.0 Å². The first-order valence-corrected chi connectivity index (χ1v) is 10.7. The molecule has 1 fully saturated rings. The molecule has 0 radical (unpaired) electrons. The van der Waals surface area contributed by atoms with E-state index in [0.29, 0.717) is 11.3 Å². The first kappa shape index (κ1) is 22.7. The van der Waals surface area contributed by atoms with Crippen molar-refractivity contribution in [3.05, 3.63) is 93.0 Å². The standard InChI is InChI=1S/C25H19Cl2NO5/c1-13-3-7-16(8-4-13)28-21(14-5-9-17(29)10-6-14)20(23(31)25(28)32)22(30)18-11-15(26)12-19(27)24(18)33-2/h3-12,21,29-30H,1-2H3/b22-20+. The van der Waals surface area contributed by atoms with E-state index in [4.69, 9.17) is 27.9 Å². The van der Waals surface area contributed by atoms with E-state index >= 15 is 0 Å². The smallest absolute Gasteiger partial charge is 0.300 e. The number of nitrogens with zero attached hydrogens (tertiary/aromatic N) is 1. The average molecular weight is 484 g/mol. The van der Waals surface area contributed by atoms with E-state index in [-0.39, 0.29) is 32.7 Å². The SMILES string of the molecule is COc1c(Cl)cc(Cl)cc1/C(O)=C1\C(=O)C(=O)N(c2ccc(C)cc2)C1c1ccc(O)cc1. The summed E-state index contributed by atoms with van der Waals surface area (Å²) in [7, 11) is 1.37. The Morgan fingerprint density at radius 2 is 1.64 bits per heavy atom. The number of benzene rings is 3. The van der Waals surface area contributed by atoms with E-state index in [2.05, 4.69) is 0 Å². The van der Waals surface area contributed by atoms with E-state index in [0.717, 1.165) is 5.56 Å². The van der Waals surface area contributed by atoms with Crippen LogP contribution in [0.15, 0.2) is 66.2 Å². The Hall–Kier alpha value is -3.48. The summed E-state index contributed by atoms with van der Waals surface area (Å²) >= 11 is 12.4. The Kier molecular flexibility index (Phi) is 6.06. The summed E-state index contributed by atoms with van der Waals surface area (Å²) < 4.78 is 5.33. The lowest BCUT2D eigenvalue weighted by Gasteiger charge is -2.25. The first-order valence-electron chi connectivity index (χ1n) is 9.93. The number of hydrogen-bond acceptors (Lipinski definition) is 5. The highest BCUT2D eigenvalue weighted by atomic mass is 35.5. The summed E-state index contributed by atoms with van der Waals surface area (Å²) in [4.78, 5) is 27.7. The lowest BCUT2D eigenvalue weighted by atomic mass is 9.94.